The van der Waals surface area contributed by atoms with Crippen LogP contribution in [0.2, 0.25) is 0 Å². The van der Waals surface area contributed by atoms with Gasteiger partial charge in [0.2, 0.25) is 0 Å². The number of benzene rings is 1. The zero-order valence-corrected chi connectivity index (χ0v) is 18.8. The highest BCUT2D eigenvalue weighted by Gasteiger charge is 2.20. The fourth-order valence-corrected chi connectivity index (χ4v) is 4.39. The molecule has 7 nitrogen and oxygen atoms in total. The number of aromatic nitrogens is 5. The van der Waals surface area contributed by atoms with Gasteiger partial charge in [-0.3, -0.25) is 9.67 Å². The molecule has 7 heteroatoms. The first-order valence-electron chi connectivity index (χ1n) is 11.2. The van der Waals surface area contributed by atoms with Gasteiger partial charge in [0.05, 0.1) is 47.7 Å². The van der Waals surface area contributed by atoms with Gasteiger partial charge in [-0.05, 0) is 49.8 Å². The number of aliphatic hydroxyl groups is 1. The van der Waals surface area contributed by atoms with E-state index in [0.29, 0.717) is 6.54 Å². The van der Waals surface area contributed by atoms with Crippen molar-refractivity contribution < 1.29 is 5.11 Å². The minimum atomic E-state index is -0.814. The zero-order valence-electron chi connectivity index (χ0n) is 18.8. The van der Waals surface area contributed by atoms with Crippen molar-refractivity contribution in [1.82, 2.24) is 24.4 Å². The number of rotatable bonds is 5. The molecule has 0 spiro atoms. The maximum Gasteiger partial charge on any atom is 0.0999 e. The van der Waals surface area contributed by atoms with Gasteiger partial charge in [0.1, 0.15) is 0 Å². The van der Waals surface area contributed by atoms with Crippen molar-refractivity contribution in [3.05, 3.63) is 67.0 Å². The summed E-state index contributed by atoms with van der Waals surface area (Å²) >= 11 is 0. The van der Waals surface area contributed by atoms with Crippen molar-refractivity contribution in [2.45, 2.75) is 45.3 Å². The van der Waals surface area contributed by atoms with Gasteiger partial charge in [-0.1, -0.05) is 30.3 Å². The van der Waals surface area contributed by atoms with Crippen molar-refractivity contribution in [1.29, 1.82) is 5.26 Å². The monoisotopic (exact) mass is 438 g/mol. The summed E-state index contributed by atoms with van der Waals surface area (Å²) in [6, 6.07) is 10.7. The lowest BCUT2D eigenvalue weighted by molar-refractivity contribution is 0.0577. The Morgan fingerprint density at radius 2 is 1.91 bits per heavy atom. The molecule has 1 aliphatic carbocycles. The van der Waals surface area contributed by atoms with Crippen LogP contribution in [0.5, 0.6) is 0 Å². The molecule has 166 valence electrons. The molecule has 5 rings (SSSR count). The largest absolute Gasteiger partial charge is 0.389 e. The molecule has 3 heterocycles. The van der Waals surface area contributed by atoms with Crippen molar-refractivity contribution in [2.24, 2.45) is 5.92 Å². The van der Waals surface area contributed by atoms with E-state index in [1.165, 1.54) is 5.57 Å². The molecule has 0 amide bonds. The predicted molar refractivity (Wildman–Crippen MR) is 127 cm³/mol. The SMILES string of the molecule is CC(C)(O)Cn1cc(-c2ccc(-c3cnn4ccnc(C5=CCC(C#N)CC5)c34)cc2)cn1. The van der Waals surface area contributed by atoms with E-state index in [9.17, 15) is 10.4 Å². The molecule has 3 aromatic heterocycles. The molecule has 0 aliphatic heterocycles. The van der Waals surface area contributed by atoms with Crippen molar-refractivity contribution in [3.63, 3.8) is 0 Å². The molecular weight excluding hydrogens is 412 g/mol. The van der Waals surface area contributed by atoms with E-state index in [-0.39, 0.29) is 5.92 Å². The smallest absolute Gasteiger partial charge is 0.0999 e. The van der Waals surface area contributed by atoms with Crippen LogP contribution < -0.4 is 0 Å². The molecule has 1 aliphatic rings. The van der Waals surface area contributed by atoms with Crippen LogP contribution in [0, 0.1) is 17.2 Å². The molecule has 1 N–H and O–H groups in total. The first-order chi connectivity index (χ1) is 15.9. The lowest BCUT2D eigenvalue weighted by Gasteiger charge is -2.17. The molecule has 0 radical (unpaired) electrons. The Labute approximate surface area is 192 Å². The van der Waals surface area contributed by atoms with Gasteiger partial charge in [-0.25, -0.2) is 4.52 Å². The van der Waals surface area contributed by atoms with Gasteiger partial charge in [0.25, 0.3) is 0 Å². The van der Waals surface area contributed by atoms with Gasteiger partial charge < -0.3 is 5.11 Å². The number of hydrogen-bond acceptors (Lipinski definition) is 5. The second-order valence-corrected chi connectivity index (χ2v) is 9.27. The summed E-state index contributed by atoms with van der Waals surface area (Å²) in [5, 5.41) is 28.2. The molecule has 0 saturated heterocycles. The first-order valence-corrected chi connectivity index (χ1v) is 11.2. The van der Waals surface area contributed by atoms with E-state index in [1.54, 1.807) is 24.7 Å². The molecule has 0 fully saturated rings. The van der Waals surface area contributed by atoms with Gasteiger partial charge in [-0.2, -0.15) is 15.5 Å². The average molecular weight is 439 g/mol. The van der Waals surface area contributed by atoms with Crippen LogP contribution >= 0.6 is 0 Å². The molecule has 1 atom stereocenters. The van der Waals surface area contributed by atoms with Gasteiger partial charge in [-0.15, -0.1) is 0 Å². The van der Waals surface area contributed by atoms with Crippen LogP contribution in [0.25, 0.3) is 33.3 Å². The van der Waals surface area contributed by atoms with E-state index >= 15 is 0 Å². The highest BCUT2D eigenvalue weighted by molar-refractivity contribution is 5.89. The minimum absolute atomic E-state index is 0.0956. The zero-order chi connectivity index (χ0) is 23.0. The van der Waals surface area contributed by atoms with Crippen LogP contribution in [-0.4, -0.2) is 35.1 Å². The molecule has 1 unspecified atom stereocenters. The molecule has 0 bridgehead atoms. The van der Waals surface area contributed by atoms with Gasteiger partial charge in [0, 0.05) is 29.7 Å². The standard InChI is InChI=1S/C26H26N6O/c1-26(2,33)17-31-16-22(14-29-31)19-7-9-20(10-8-19)23-15-30-32-12-11-28-24(25(23)32)21-5-3-18(13-27)4-6-21/h5,7-12,14-16,18,33H,3-4,6,17H2,1-2H3. The van der Waals surface area contributed by atoms with Crippen molar-refractivity contribution >= 4 is 11.1 Å². The predicted octanol–water partition coefficient (Wildman–Crippen LogP) is 4.74. The third-order valence-corrected chi connectivity index (χ3v) is 6.04. The number of nitriles is 1. The van der Waals surface area contributed by atoms with Gasteiger partial charge in [0.15, 0.2) is 0 Å². The summed E-state index contributed by atoms with van der Waals surface area (Å²) in [4.78, 5) is 4.69. The maximum atomic E-state index is 10.0. The second-order valence-electron chi connectivity index (χ2n) is 9.27. The minimum Gasteiger partial charge on any atom is -0.389 e. The summed E-state index contributed by atoms with van der Waals surface area (Å²) in [5.74, 6) is 0.0956. The molecule has 1 aromatic carbocycles. The Hall–Kier alpha value is -3.76. The first kappa shape index (κ1) is 21.1. The van der Waals surface area contributed by atoms with Gasteiger partial charge >= 0.3 is 0 Å². The highest BCUT2D eigenvalue weighted by Crippen LogP contribution is 2.35. The third kappa shape index (κ3) is 4.30. The van der Waals surface area contributed by atoms with E-state index in [0.717, 1.165) is 52.7 Å². The quantitative estimate of drug-likeness (QED) is 0.486. The Morgan fingerprint density at radius 3 is 2.61 bits per heavy atom. The van der Waals surface area contributed by atoms with E-state index < -0.39 is 5.60 Å². The Bertz CT molecular complexity index is 1360. The number of allylic oxidation sites excluding steroid dienone is 2. The molecule has 4 aromatic rings. The summed E-state index contributed by atoms with van der Waals surface area (Å²) in [7, 11) is 0. The van der Waals surface area contributed by atoms with E-state index in [2.05, 4.69) is 46.6 Å². The lowest BCUT2D eigenvalue weighted by Crippen LogP contribution is -2.26. The number of nitrogens with zero attached hydrogens (tertiary/aromatic N) is 6. The Balaban J connectivity index is 1.47. The number of hydrogen-bond donors (Lipinski definition) is 1. The van der Waals surface area contributed by atoms with Crippen molar-refractivity contribution in [2.75, 3.05) is 0 Å². The normalized spacial score (nSPS) is 16.5. The van der Waals surface area contributed by atoms with Crippen LogP contribution in [-0.2, 0) is 6.54 Å². The van der Waals surface area contributed by atoms with Crippen LogP contribution in [0.15, 0.2) is 61.3 Å². The molecular formula is C26H26N6O. The summed E-state index contributed by atoms with van der Waals surface area (Å²) < 4.78 is 3.64. The molecule has 33 heavy (non-hydrogen) atoms. The molecule has 0 saturated carbocycles. The Kier molecular flexibility index (Phi) is 5.31. The third-order valence-electron chi connectivity index (χ3n) is 6.04. The van der Waals surface area contributed by atoms with E-state index in [4.69, 9.17) is 4.98 Å². The number of fused-ring (bicyclic) bond motifs is 1. The topological polar surface area (TPSA) is 92.0 Å². The lowest BCUT2D eigenvalue weighted by atomic mass is 9.88. The van der Waals surface area contributed by atoms with Crippen molar-refractivity contribution in [3.8, 4) is 28.3 Å². The average Bonchev–Trinajstić information content (AvgIpc) is 3.45. The maximum absolute atomic E-state index is 10.0. The fourth-order valence-electron chi connectivity index (χ4n) is 4.39. The van der Waals surface area contributed by atoms with E-state index in [1.807, 2.05) is 29.3 Å². The van der Waals surface area contributed by atoms with Crippen LogP contribution in [0.3, 0.4) is 0 Å². The fraction of sp³-hybridized carbons (Fsp3) is 0.308. The summed E-state index contributed by atoms with van der Waals surface area (Å²) in [6.07, 6.45) is 14.0. The van der Waals surface area contributed by atoms with Crippen LogP contribution in [0.4, 0.5) is 0 Å². The Morgan fingerprint density at radius 1 is 1.12 bits per heavy atom. The summed E-state index contributed by atoms with van der Waals surface area (Å²) in [5.41, 5.74) is 6.48. The second kappa shape index (κ2) is 8.30. The summed E-state index contributed by atoms with van der Waals surface area (Å²) in [6.45, 7) is 3.98. The van der Waals surface area contributed by atoms with Crippen LogP contribution in [0.1, 0.15) is 38.8 Å². The highest BCUT2D eigenvalue weighted by atomic mass is 16.3.